The lowest BCUT2D eigenvalue weighted by Crippen LogP contribution is -2.33. The Balaban J connectivity index is 1.54. The molecule has 23 heavy (non-hydrogen) atoms. The first-order valence-corrected chi connectivity index (χ1v) is 8.65. The number of aryl methyl sites for hydroxylation is 1. The summed E-state index contributed by atoms with van der Waals surface area (Å²) in [5, 5.41) is 16.2. The van der Waals surface area contributed by atoms with Gasteiger partial charge in [0, 0.05) is 37.6 Å². The molecule has 0 aliphatic carbocycles. The number of carbonyl (C=O) groups is 1. The van der Waals surface area contributed by atoms with Gasteiger partial charge in [-0.2, -0.15) is 0 Å². The van der Waals surface area contributed by atoms with E-state index in [1.165, 1.54) is 11.3 Å². The predicted octanol–water partition coefficient (Wildman–Crippen LogP) is 2.37. The number of carbonyl (C=O) groups excluding carboxylic acids is 1. The molecular weight excluding hydrogens is 310 g/mol. The van der Waals surface area contributed by atoms with E-state index >= 15 is 0 Å². The van der Waals surface area contributed by atoms with Gasteiger partial charge in [0.2, 0.25) is 5.91 Å². The van der Waals surface area contributed by atoms with Crippen LogP contribution in [0.2, 0.25) is 0 Å². The van der Waals surface area contributed by atoms with E-state index in [4.69, 9.17) is 0 Å². The van der Waals surface area contributed by atoms with Crippen LogP contribution in [0.5, 0.6) is 0 Å². The number of β-amino-alcohol motifs (C(OH)–C–C–N with tert-alkyl or cyclic N) is 1. The largest absolute Gasteiger partial charge is 0.384 e. The topological polar surface area (TPSA) is 65.5 Å². The quantitative estimate of drug-likeness (QED) is 0.883. The summed E-state index contributed by atoms with van der Waals surface area (Å²) >= 11 is 1.41. The second kappa shape index (κ2) is 6.78. The fourth-order valence-electron chi connectivity index (χ4n) is 3.10. The van der Waals surface area contributed by atoms with Crippen LogP contribution in [-0.2, 0) is 10.4 Å². The van der Waals surface area contributed by atoms with Crippen molar-refractivity contribution in [3.63, 3.8) is 0 Å². The minimum atomic E-state index is -0.808. The Morgan fingerprint density at radius 3 is 3.04 bits per heavy atom. The molecule has 1 aliphatic heterocycles. The summed E-state index contributed by atoms with van der Waals surface area (Å²) in [6, 6.07) is 7.97. The Morgan fingerprint density at radius 2 is 2.30 bits per heavy atom. The number of aromatic nitrogens is 1. The van der Waals surface area contributed by atoms with Crippen LogP contribution in [-0.4, -0.2) is 40.5 Å². The second-order valence-corrected chi connectivity index (χ2v) is 6.90. The molecule has 2 heterocycles. The monoisotopic (exact) mass is 331 g/mol. The van der Waals surface area contributed by atoms with Crippen molar-refractivity contribution in [1.82, 2.24) is 9.88 Å². The first-order valence-electron chi connectivity index (χ1n) is 7.77. The van der Waals surface area contributed by atoms with Crippen LogP contribution in [0.4, 0.5) is 5.13 Å². The van der Waals surface area contributed by atoms with E-state index in [2.05, 4.69) is 15.2 Å². The van der Waals surface area contributed by atoms with E-state index < -0.39 is 5.60 Å². The molecule has 0 saturated carbocycles. The number of nitrogens with zero attached hydrogens (tertiary/aromatic N) is 2. The Kier molecular flexibility index (Phi) is 4.75. The summed E-state index contributed by atoms with van der Waals surface area (Å²) < 4.78 is 0. The summed E-state index contributed by atoms with van der Waals surface area (Å²) in [7, 11) is 0. The SMILES string of the molecule is Cc1ccccc1[C@]1(O)CCN(CCC(=O)Nc2nccs2)C1. The molecule has 1 saturated heterocycles. The van der Waals surface area contributed by atoms with Crippen molar-refractivity contribution in [2.24, 2.45) is 0 Å². The summed E-state index contributed by atoms with van der Waals surface area (Å²) in [6.07, 6.45) is 2.78. The number of hydrogen-bond donors (Lipinski definition) is 2. The van der Waals surface area contributed by atoms with Crippen LogP contribution in [0.3, 0.4) is 0 Å². The Bertz CT molecular complexity index is 674. The zero-order valence-corrected chi connectivity index (χ0v) is 14.0. The van der Waals surface area contributed by atoms with Gasteiger partial charge in [0.25, 0.3) is 0 Å². The molecule has 122 valence electrons. The molecule has 1 fully saturated rings. The van der Waals surface area contributed by atoms with E-state index in [0.29, 0.717) is 31.1 Å². The van der Waals surface area contributed by atoms with Crippen LogP contribution in [0.15, 0.2) is 35.8 Å². The zero-order valence-electron chi connectivity index (χ0n) is 13.2. The summed E-state index contributed by atoms with van der Waals surface area (Å²) in [5.74, 6) is -0.0359. The van der Waals surface area contributed by atoms with E-state index in [-0.39, 0.29) is 5.91 Å². The maximum Gasteiger partial charge on any atom is 0.227 e. The lowest BCUT2D eigenvalue weighted by atomic mass is 9.89. The van der Waals surface area contributed by atoms with Crippen molar-refractivity contribution in [2.75, 3.05) is 25.0 Å². The van der Waals surface area contributed by atoms with Crippen molar-refractivity contribution in [1.29, 1.82) is 0 Å². The van der Waals surface area contributed by atoms with E-state index in [1.807, 2.05) is 36.6 Å². The number of nitrogens with one attached hydrogen (secondary N) is 1. The van der Waals surface area contributed by atoms with Gasteiger partial charge in [-0.25, -0.2) is 4.98 Å². The molecule has 1 amide bonds. The average molecular weight is 331 g/mol. The second-order valence-electron chi connectivity index (χ2n) is 6.01. The summed E-state index contributed by atoms with van der Waals surface area (Å²) in [6.45, 7) is 4.04. The molecule has 0 radical (unpaired) electrons. The van der Waals surface area contributed by atoms with Gasteiger partial charge in [0.15, 0.2) is 5.13 Å². The van der Waals surface area contributed by atoms with Crippen molar-refractivity contribution in [3.05, 3.63) is 47.0 Å². The highest BCUT2D eigenvalue weighted by atomic mass is 32.1. The van der Waals surface area contributed by atoms with Crippen LogP contribution in [0.25, 0.3) is 0 Å². The lowest BCUT2D eigenvalue weighted by Gasteiger charge is -2.25. The number of anilines is 1. The van der Waals surface area contributed by atoms with E-state index in [0.717, 1.165) is 17.7 Å². The molecule has 3 rings (SSSR count). The third-order valence-electron chi connectivity index (χ3n) is 4.31. The van der Waals surface area contributed by atoms with Gasteiger partial charge in [-0.3, -0.25) is 9.69 Å². The smallest absolute Gasteiger partial charge is 0.227 e. The number of thiazole rings is 1. The molecule has 6 heteroatoms. The number of amides is 1. The molecule has 0 unspecified atom stereocenters. The van der Waals surface area contributed by atoms with Crippen LogP contribution in [0.1, 0.15) is 24.0 Å². The first-order chi connectivity index (χ1) is 11.1. The zero-order chi connectivity index (χ0) is 16.3. The van der Waals surface area contributed by atoms with E-state index in [9.17, 15) is 9.90 Å². The average Bonchev–Trinajstić information content (AvgIpc) is 3.16. The molecule has 1 atom stereocenters. The number of benzene rings is 1. The predicted molar refractivity (Wildman–Crippen MR) is 91.5 cm³/mol. The highest BCUT2D eigenvalue weighted by Crippen LogP contribution is 2.33. The van der Waals surface area contributed by atoms with Crippen molar-refractivity contribution < 1.29 is 9.90 Å². The standard InChI is InChI=1S/C17H21N3O2S/c1-13-4-2-3-5-14(13)17(22)7-10-20(12-17)9-6-15(21)19-16-18-8-11-23-16/h2-5,8,11,22H,6-7,9-10,12H2,1H3,(H,18,19,21)/t17-/m0/s1. The van der Waals surface area contributed by atoms with Crippen molar-refractivity contribution >= 4 is 22.4 Å². The lowest BCUT2D eigenvalue weighted by molar-refractivity contribution is -0.116. The molecule has 0 bridgehead atoms. The first kappa shape index (κ1) is 16.1. The molecule has 2 N–H and O–H groups in total. The molecule has 0 spiro atoms. The highest BCUT2D eigenvalue weighted by Gasteiger charge is 2.38. The normalized spacial score (nSPS) is 21.5. The maximum absolute atomic E-state index is 11.9. The van der Waals surface area contributed by atoms with Crippen molar-refractivity contribution in [3.8, 4) is 0 Å². The van der Waals surface area contributed by atoms with Gasteiger partial charge >= 0.3 is 0 Å². The Labute approximate surface area is 140 Å². The third-order valence-corrected chi connectivity index (χ3v) is 5.00. The minimum absolute atomic E-state index is 0.0359. The van der Waals surface area contributed by atoms with Crippen molar-refractivity contribution in [2.45, 2.75) is 25.4 Å². The number of hydrogen-bond acceptors (Lipinski definition) is 5. The van der Waals surface area contributed by atoms with E-state index in [1.54, 1.807) is 6.20 Å². The Hall–Kier alpha value is -1.76. The highest BCUT2D eigenvalue weighted by molar-refractivity contribution is 7.13. The van der Waals surface area contributed by atoms with Gasteiger partial charge in [0.1, 0.15) is 5.60 Å². The van der Waals surface area contributed by atoms with Crippen LogP contribution < -0.4 is 5.32 Å². The number of likely N-dealkylation sites (tertiary alicyclic amines) is 1. The fourth-order valence-corrected chi connectivity index (χ4v) is 3.65. The molecule has 1 aromatic carbocycles. The summed E-state index contributed by atoms with van der Waals surface area (Å²) in [5.41, 5.74) is 1.30. The summed E-state index contributed by atoms with van der Waals surface area (Å²) in [4.78, 5) is 18.1. The van der Waals surface area contributed by atoms with Gasteiger partial charge in [0.05, 0.1) is 0 Å². The van der Waals surface area contributed by atoms with Crippen LogP contribution >= 0.6 is 11.3 Å². The third kappa shape index (κ3) is 3.77. The Morgan fingerprint density at radius 1 is 1.48 bits per heavy atom. The fraction of sp³-hybridized carbons (Fsp3) is 0.412. The molecule has 1 aromatic heterocycles. The minimum Gasteiger partial charge on any atom is -0.384 e. The number of aliphatic hydroxyl groups is 1. The van der Waals surface area contributed by atoms with Gasteiger partial charge in [-0.15, -0.1) is 11.3 Å². The van der Waals surface area contributed by atoms with Gasteiger partial charge in [-0.1, -0.05) is 24.3 Å². The van der Waals surface area contributed by atoms with Crippen LogP contribution in [0, 0.1) is 6.92 Å². The van der Waals surface area contributed by atoms with Gasteiger partial charge in [-0.05, 0) is 24.5 Å². The molecular formula is C17H21N3O2S. The molecule has 1 aliphatic rings. The van der Waals surface area contributed by atoms with Gasteiger partial charge < -0.3 is 10.4 Å². The molecule has 5 nitrogen and oxygen atoms in total. The number of rotatable bonds is 5. The molecule has 2 aromatic rings. The maximum atomic E-state index is 11.9.